The Morgan fingerprint density at radius 1 is 0.875 bits per heavy atom. The van der Waals surface area contributed by atoms with E-state index < -0.39 is 0 Å². The molecule has 0 spiro atoms. The Hall–Kier alpha value is -0.0800. The van der Waals surface area contributed by atoms with Crippen LogP contribution in [0.3, 0.4) is 0 Å². The Morgan fingerprint density at radius 3 is 1.62 bits per heavy atom. The zero-order valence-electron chi connectivity index (χ0n) is 7.22. The van der Waals surface area contributed by atoms with E-state index in [0.717, 1.165) is 13.2 Å². The van der Waals surface area contributed by atoms with Gasteiger partial charge in [-0.15, -0.1) is 0 Å². The normalized spacial score (nSPS) is 8.44. The fourth-order valence-corrected chi connectivity index (χ4v) is 0.545. The minimum Gasteiger partial charge on any atom is -0.382 e. The van der Waals surface area contributed by atoms with Crippen molar-refractivity contribution in [1.82, 2.24) is 0 Å². The highest BCUT2D eigenvalue weighted by Gasteiger charge is 1.96. The lowest BCUT2D eigenvalue weighted by Gasteiger charge is -2.08. The lowest BCUT2D eigenvalue weighted by Crippen LogP contribution is -2.08. The van der Waals surface area contributed by atoms with Gasteiger partial charge in [0, 0.05) is 13.7 Å². The highest BCUT2D eigenvalue weighted by Crippen LogP contribution is 1.99. The molecule has 0 aliphatic heterocycles. The van der Waals surface area contributed by atoms with E-state index in [1.54, 1.807) is 7.11 Å². The number of methoxy groups -OCH3 is 1. The van der Waals surface area contributed by atoms with Crippen LogP contribution in [0.1, 0.15) is 64.8 Å². The summed E-state index contributed by atoms with van der Waals surface area (Å²) in [4.78, 5) is 0. The minimum atomic E-state index is 0. The molecule has 0 aliphatic rings. The van der Waals surface area contributed by atoms with Crippen molar-refractivity contribution in [3.63, 3.8) is 0 Å². The summed E-state index contributed by atoms with van der Waals surface area (Å²) < 4.78 is 10.1. The molecule has 0 heterocycles. The Labute approximate surface area is 108 Å². The molecule has 1 unspecified atom stereocenters. The Balaban J connectivity index is -0.0000000270. The summed E-state index contributed by atoms with van der Waals surface area (Å²) in [6, 6.07) is 0. The first-order valence-electron chi connectivity index (χ1n) is 3.88. The predicted molar refractivity (Wildman–Crippen MR) is 82.5 cm³/mol. The van der Waals surface area contributed by atoms with Gasteiger partial charge >= 0.3 is 0 Å². The molecular weight excluding hydrogens is 200 g/mol. The summed E-state index contributed by atoms with van der Waals surface area (Å²) in [5.41, 5.74) is 0. The highest BCUT2D eigenvalue weighted by molar-refractivity contribution is 4.45. The van der Waals surface area contributed by atoms with Crippen molar-refractivity contribution in [1.29, 1.82) is 0 Å². The molecule has 1 atom stereocenters. The number of hydrogen-bond donors (Lipinski definition) is 0. The van der Waals surface area contributed by atoms with Crippen LogP contribution in [-0.2, 0) is 9.47 Å². The summed E-state index contributed by atoms with van der Waals surface area (Å²) in [6.45, 7) is 6.65. The quantitative estimate of drug-likeness (QED) is 0.572. The fraction of sp³-hybridized carbons (Fsp3) is 1.00. The van der Waals surface area contributed by atoms with Crippen LogP contribution in [0.2, 0.25) is 0 Å². The maximum Gasteiger partial charge on any atom is 0.0700 e. The molecule has 0 saturated carbocycles. The molecule has 0 fully saturated rings. The van der Waals surface area contributed by atoms with E-state index in [4.69, 9.17) is 9.47 Å². The lowest BCUT2D eigenvalue weighted by atomic mass is 10.1. The van der Waals surface area contributed by atoms with Crippen molar-refractivity contribution < 1.29 is 9.47 Å². The van der Waals surface area contributed by atoms with Gasteiger partial charge in [0.1, 0.15) is 0 Å². The average molecular weight is 242 g/mol. The molecular formula is C14H42O2. The van der Waals surface area contributed by atoms with Crippen LogP contribution in [0.4, 0.5) is 0 Å². The third-order valence-electron chi connectivity index (χ3n) is 1.53. The minimum absolute atomic E-state index is 0. The van der Waals surface area contributed by atoms with Gasteiger partial charge in [0.15, 0.2) is 0 Å². The van der Waals surface area contributed by atoms with Crippen LogP contribution < -0.4 is 0 Å². The van der Waals surface area contributed by atoms with E-state index in [0.29, 0.717) is 12.5 Å². The molecule has 0 bridgehead atoms. The topological polar surface area (TPSA) is 18.5 Å². The van der Waals surface area contributed by atoms with Crippen molar-refractivity contribution in [2.75, 3.05) is 26.9 Å². The summed E-state index contributed by atoms with van der Waals surface area (Å²) in [5, 5.41) is 0. The van der Waals surface area contributed by atoms with Gasteiger partial charge in [-0.1, -0.05) is 64.8 Å². The number of hydrogen-bond acceptors (Lipinski definition) is 2. The molecule has 0 radical (unpaired) electrons. The van der Waals surface area contributed by atoms with Crippen molar-refractivity contribution in [2.24, 2.45) is 5.92 Å². The van der Waals surface area contributed by atoms with Crippen molar-refractivity contribution in [3.05, 3.63) is 0 Å². The van der Waals surface area contributed by atoms with E-state index in [2.05, 4.69) is 13.8 Å². The molecule has 110 valence electrons. The largest absolute Gasteiger partial charge is 0.382 e. The standard InChI is InChI=1S/C8H18O2.6CH4/c1-4-8(2)7-10-6-5-9-3;;;;;;/h8H,4-7H2,1-3H3;6*1H4. The molecule has 0 aliphatic carbocycles. The van der Waals surface area contributed by atoms with Gasteiger partial charge in [-0.05, 0) is 5.92 Å². The van der Waals surface area contributed by atoms with Crippen LogP contribution in [0.15, 0.2) is 0 Å². The zero-order valence-corrected chi connectivity index (χ0v) is 7.22. The third kappa shape index (κ3) is 37.0. The van der Waals surface area contributed by atoms with Crippen molar-refractivity contribution in [3.8, 4) is 0 Å². The van der Waals surface area contributed by atoms with E-state index >= 15 is 0 Å². The smallest absolute Gasteiger partial charge is 0.0700 e. The van der Waals surface area contributed by atoms with Crippen LogP contribution in [0.5, 0.6) is 0 Å². The summed E-state index contributed by atoms with van der Waals surface area (Å²) in [7, 11) is 1.69. The lowest BCUT2D eigenvalue weighted by molar-refractivity contribution is 0.0538. The van der Waals surface area contributed by atoms with Gasteiger partial charge in [0.05, 0.1) is 13.2 Å². The van der Waals surface area contributed by atoms with E-state index in [-0.39, 0.29) is 44.6 Å². The van der Waals surface area contributed by atoms with Gasteiger partial charge in [0.25, 0.3) is 0 Å². The number of rotatable bonds is 6. The molecule has 2 heteroatoms. The summed E-state index contributed by atoms with van der Waals surface area (Å²) in [5.74, 6) is 0.678. The Kier molecular flexibility index (Phi) is 101. The monoisotopic (exact) mass is 242 g/mol. The maximum absolute atomic E-state index is 5.30. The first-order chi connectivity index (χ1) is 4.81. The van der Waals surface area contributed by atoms with E-state index in [9.17, 15) is 0 Å². The third-order valence-corrected chi connectivity index (χ3v) is 1.53. The number of ether oxygens (including phenoxy) is 2. The van der Waals surface area contributed by atoms with Crippen molar-refractivity contribution in [2.45, 2.75) is 64.8 Å². The molecule has 0 amide bonds. The second-order valence-corrected chi connectivity index (χ2v) is 2.58. The van der Waals surface area contributed by atoms with Crippen LogP contribution in [0, 0.1) is 5.92 Å². The van der Waals surface area contributed by atoms with Gasteiger partial charge < -0.3 is 9.47 Å². The van der Waals surface area contributed by atoms with Gasteiger partial charge in [-0.25, -0.2) is 0 Å². The van der Waals surface area contributed by atoms with Gasteiger partial charge in [-0.3, -0.25) is 0 Å². The molecule has 0 N–H and O–H groups in total. The molecule has 16 heavy (non-hydrogen) atoms. The van der Waals surface area contributed by atoms with Crippen LogP contribution in [-0.4, -0.2) is 26.9 Å². The molecule has 0 saturated heterocycles. The molecule has 0 aromatic heterocycles. The van der Waals surface area contributed by atoms with Crippen molar-refractivity contribution >= 4 is 0 Å². The fourth-order valence-electron chi connectivity index (χ4n) is 0.545. The summed E-state index contributed by atoms with van der Waals surface area (Å²) >= 11 is 0. The van der Waals surface area contributed by atoms with E-state index in [1.807, 2.05) is 0 Å². The molecule has 0 rings (SSSR count). The SMILES string of the molecule is C.C.C.C.C.C.CCC(C)COCCOC. The highest BCUT2D eigenvalue weighted by atomic mass is 16.5. The Bertz CT molecular complexity index is 65.8. The molecule has 0 aromatic carbocycles. The second-order valence-electron chi connectivity index (χ2n) is 2.58. The zero-order chi connectivity index (χ0) is 7.82. The van der Waals surface area contributed by atoms with Crippen LogP contribution in [0.25, 0.3) is 0 Å². The maximum atomic E-state index is 5.30. The summed E-state index contributed by atoms with van der Waals surface area (Å²) in [6.07, 6.45) is 1.19. The molecule has 0 aromatic rings. The average Bonchev–Trinajstić information content (AvgIpc) is 1.98. The first kappa shape index (κ1) is 44.5. The van der Waals surface area contributed by atoms with Gasteiger partial charge in [-0.2, -0.15) is 0 Å². The second kappa shape index (κ2) is 36.3. The first-order valence-corrected chi connectivity index (χ1v) is 3.88. The van der Waals surface area contributed by atoms with Crippen LogP contribution >= 0.6 is 0 Å². The molecule has 2 nitrogen and oxygen atoms in total. The Morgan fingerprint density at radius 2 is 1.31 bits per heavy atom. The predicted octanol–water partition coefficient (Wildman–Crippen LogP) is 5.51. The van der Waals surface area contributed by atoms with Gasteiger partial charge in [0.2, 0.25) is 0 Å². The van der Waals surface area contributed by atoms with E-state index in [1.165, 1.54) is 6.42 Å².